The maximum atomic E-state index is 13.7. The first-order valence-corrected chi connectivity index (χ1v) is 10.2. The number of hydrogen-bond acceptors (Lipinski definition) is 6. The highest BCUT2D eigenvalue weighted by Gasteiger charge is 2.36. The number of nitrogens with two attached hydrogens (primary N) is 1. The summed E-state index contributed by atoms with van der Waals surface area (Å²) >= 11 is 6.95. The van der Waals surface area contributed by atoms with E-state index < -0.39 is 23.7 Å². The molecule has 0 aliphatic heterocycles. The number of carbonyl (C=O) groups is 2. The van der Waals surface area contributed by atoms with Gasteiger partial charge in [0.05, 0.1) is 20.6 Å². The Morgan fingerprint density at radius 2 is 2.00 bits per heavy atom. The van der Waals surface area contributed by atoms with E-state index in [0.29, 0.717) is 20.3 Å². The molecule has 0 aliphatic carbocycles. The maximum Gasteiger partial charge on any atom is 0.433 e. The van der Waals surface area contributed by atoms with Crippen LogP contribution in [0.15, 0.2) is 30.5 Å². The lowest BCUT2D eigenvalue weighted by Gasteiger charge is -2.10. The van der Waals surface area contributed by atoms with E-state index in [2.05, 4.69) is 20.5 Å². The predicted molar refractivity (Wildman–Crippen MR) is 111 cm³/mol. The lowest BCUT2D eigenvalue weighted by molar-refractivity contribution is -0.142. The monoisotopic (exact) mass is 483 g/mol. The number of anilines is 1. The van der Waals surface area contributed by atoms with Gasteiger partial charge < -0.3 is 11.1 Å². The second kappa shape index (κ2) is 7.91. The fraction of sp³-hybridized carbons (Fsp3) is 0.167. The summed E-state index contributed by atoms with van der Waals surface area (Å²) in [7, 11) is 0. The molecule has 9 nitrogen and oxygen atoms in total. The molecule has 0 bridgehead atoms. The second-order valence-electron chi connectivity index (χ2n) is 6.49. The summed E-state index contributed by atoms with van der Waals surface area (Å²) in [5.74, 6) is -1.73. The minimum Gasteiger partial charge on any atom is -0.364 e. The Kier molecular flexibility index (Phi) is 5.38. The molecular weight excluding hydrogens is 471 g/mol. The number of nitrogens with one attached hydrogen (secondary N) is 1. The van der Waals surface area contributed by atoms with Gasteiger partial charge in [0, 0.05) is 18.8 Å². The molecule has 0 spiro atoms. The number of carbonyl (C=O) groups excluding carboxylic acids is 2. The summed E-state index contributed by atoms with van der Waals surface area (Å²) in [6.07, 6.45) is -3.38. The summed E-state index contributed by atoms with van der Waals surface area (Å²) in [6.45, 7) is 2.16. The number of primary amides is 1. The largest absolute Gasteiger partial charge is 0.433 e. The third-order valence-corrected chi connectivity index (χ3v) is 5.60. The van der Waals surface area contributed by atoms with Gasteiger partial charge in [0.15, 0.2) is 22.7 Å². The molecule has 166 valence electrons. The van der Waals surface area contributed by atoms with Crippen LogP contribution in [0, 0.1) is 0 Å². The number of aromatic nitrogens is 5. The van der Waals surface area contributed by atoms with Crippen LogP contribution < -0.4 is 11.1 Å². The molecular formula is C18H13ClF3N7O2S. The molecule has 0 fully saturated rings. The first-order valence-electron chi connectivity index (χ1n) is 8.99. The van der Waals surface area contributed by atoms with Gasteiger partial charge in [-0.15, -0.1) is 11.3 Å². The summed E-state index contributed by atoms with van der Waals surface area (Å²) in [6, 6.07) is 5.03. The molecule has 0 saturated heterocycles. The number of halogens is 4. The van der Waals surface area contributed by atoms with Gasteiger partial charge in [0.1, 0.15) is 0 Å². The number of aryl methyl sites for hydroxylation is 1. The Morgan fingerprint density at radius 3 is 2.59 bits per heavy atom. The van der Waals surface area contributed by atoms with Crippen molar-refractivity contribution in [3.05, 3.63) is 51.9 Å². The zero-order valence-electron chi connectivity index (χ0n) is 16.1. The van der Waals surface area contributed by atoms with Gasteiger partial charge in [-0.25, -0.2) is 9.50 Å². The Morgan fingerprint density at radius 1 is 1.25 bits per heavy atom. The van der Waals surface area contributed by atoms with Gasteiger partial charge in [0.2, 0.25) is 0 Å². The number of hydrogen-bond donors (Lipinski definition) is 2. The average Bonchev–Trinajstić information content (AvgIpc) is 3.43. The third kappa shape index (κ3) is 4.03. The summed E-state index contributed by atoms with van der Waals surface area (Å²) in [4.78, 5) is 28.9. The Balaban J connectivity index is 1.77. The van der Waals surface area contributed by atoms with Crippen molar-refractivity contribution in [3.63, 3.8) is 0 Å². The second-order valence-corrected chi connectivity index (χ2v) is 8.21. The molecule has 0 aliphatic rings. The number of rotatable bonds is 5. The molecule has 0 aromatic carbocycles. The van der Waals surface area contributed by atoms with Crippen molar-refractivity contribution >= 4 is 46.1 Å². The molecule has 32 heavy (non-hydrogen) atoms. The molecule has 4 aromatic heterocycles. The molecule has 2 amide bonds. The van der Waals surface area contributed by atoms with Gasteiger partial charge in [-0.3, -0.25) is 14.3 Å². The lowest BCUT2D eigenvalue weighted by atomic mass is 10.2. The molecule has 0 radical (unpaired) electrons. The van der Waals surface area contributed by atoms with Crippen LogP contribution in [0.1, 0.15) is 33.6 Å². The number of alkyl halides is 3. The quantitative estimate of drug-likeness (QED) is 0.448. The van der Waals surface area contributed by atoms with Crippen LogP contribution in [-0.4, -0.2) is 36.2 Å². The number of nitrogens with zero attached hydrogens (tertiary/aromatic N) is 5. The summed E-state index contributed by atoms with van der Waals surface area (Å²) in [5.41, 5.74) is 3.49. The van der Waals surface area contributed by atoms with Crippen molar-refractivity contribution in [1.29, 1.82) is 0 Å². The van der Waals surface area contributed by atoms with Crippen molar-refractivity contribution < 1.29 is 22.8 Å². The summed E-state index contributed by atoms with van der Waals surface area (Å²) < 4.78 is 43.4. The molecule has 14 heteroatoms. The van der Waals surface area contributed by atoms with Crippen molar-refractivity contribution in [2.45, 2.75) is 19.6 Å². The van der Waals surface area contributed by atoms with Crippen molar-refractivity contribution in [2.24, 2.45) is 5.73 Å². The number of thiophene rings is 1. The lowest BCUT2D eigenvalue weighted by Crippen LogP contribution is -2.18. The van der Waals surface area contributed by atoms with E-state index in [1.807, 2.05) is 0 Å². The average molecular weight is 484 g/mol. The van der Waals surface area contributed by atoms with Gasteiger partial charge >= 0.3 is 6.18 Å². The van der Waals surface area contributed by atoms with E-state index in [4.69, 9.17) is 17.3 Å². The van der Waals surface area contributed by atoms with Crippen LogP contribution in [0.3, 0.4) is 0 Å². The molecule has 3 N–H and O–H groups in total. The number of fused-ring (bicyclic) bond motifs is 1. The number of amides is 2. The van der Waals surface area contributed by atoms with E-state index in [0.717, 1.165) is 23.5 Å². The highest BCUT2D eigenvalue weighted by Crippen LogP contribution is 2.35. The minimum absolute atomic E-state index is 0.0133. The molecule has 4 aromatic rings. The molecule has 4 rings (SSSR count). The predicted octanol–water partition coefficient (Wildman–Crippen LogP) is 3.70. The zero-order chi connectivity index (χ0) is 23.2. The van der Waals surface area contributed by atoms with Crippen molar-refractivity contribution in [2.75, 3.05) is 5.32 Å². The fourth-order valence-electron chi connectivity index (χ4n) is 2.91. The molecule has 0 unspecified atom stereocenters. The first-order chi connectivity index (χ1) is 15.1. The van der Waals surface area contributed by atoms with Crippen molar-refractivity contribution in [1.82, 2.24) is 24.4 Å². The van der Waals surface area contributed by atoms with E-state index in [9.17, 15) is 22.8 Å². The third-order valence-electron chi connectivity index (χ3n) is 4.34. The van der Waals surface area contributed by atoms with Crippen LogP contribution in [0.2, 0.25) is 4.34 Å². The topological polar surface area (TPSA) is 120 Å². The highest BCUT2D eigenvalue weighted by atomic mass is 35.5. The van der Waals surface area contributed by atoms with Crippen molar-refractivity contribution in [3.8, 4) is 10.6 Å². The van der Waals surface area contributed by atoms with E-state index in [1.54, 1.807) is 19.1 Å². The summed E-state index contributed by atoms with van der Waals surface area (Å²) in [5, 5.41) is 10.1. The van der Waals surface area contributed by atoms with Gasteiger partial charge in [-0.2, -0.15) is 23.4 Å². The Hall–Kier alpha value is -3.45. The minimum atomic E-state index is -4.77. The van der Waals surface area contributed by atoms with Crippen LogP contribution >= 0.6 is 22.9 Å². The molecule has 0 atom stereocenters. The molecule has 0 saturated carbocycles. The highest BCUT2D eigenvalue weighted by molar-refractivity contribution is 7.19. The van der Waals surface area contributed by atoms with Gasteiger partial charge in [0.25, 0.3) is 11.8 Å². The van der Waals surface area contributed by atoms with E-state index in [-0.39, 0.29) is 28.4 Å². The van der Waals surface area contributed by atoms with E-state index >= 15 is 0 Å². The SMILES string of the molecule is CCn1cc(NC(=O)c2cc3nc(-c4ccc(Cl)s4)cc(C(F)(F)F)n3n2)c(C(N)=O)n1. The Bertz CT molecular complexity index is 1360. The normalized spacial score (nSPS) is 11.8. The first kappa shape index (κ1) is 21.8. The molecule has 4 heterocycles. The Labute approximate surface area is 186 Å². The van der Waals surface area contributed by atoms with Crippen LogP contribution in [0.4, 0.5) is 18.9 Å². The smallest absolute Gasteiger partial charge is 0.364 e. The fourth-order valence-corrected chi connectivity index (χ4v) is 3.91. The van der Waals surface area contributed by atoms with Gasteiger partial charge in [-0.1, -0.05) is 11.6 Å². The van der Waals surface area contributed by atoms with E-state index in [1.165, 1.54) is 10.9 Å². The van der Waals surface area contributed by atoms with Gasteiger partial charge in [-0.05, 0) is 25.1 Å². The van der Waals surface area contributed by atoms with Crippen LogP contribution in [0.5, 0.6) is 0 Å². The zero-order valence-corrected chi connectivity index (χ0v) is 17.7. The standard InChI is InChI=1S/C18H13ClF3N7O2S/c1-2-28-7-10(15(27-28)16(23)30)25-17(31)9-6-14-24-8(11-3-4-13(19)32-11)5-12(18(20,21)22)29(14)26-9/h3-7H,2H2,1H3,(H2,23,30)(H,25,31). The van der Waals surface area contributed by atoms with Crippen LogP contribution in [-0.2, 0) is 12.7 Å². The van der Waals surface area contributed by atoms with Crippen LogP contribution in [0.25, 0.3) is 16.2 Å². The maximum absolute atomic E-state index is 13.7.